The highest BCUT2D eigenvalue weighted by Crippen LogP contribution is 2.23. The van der Waals surface area contributed by atoms with Gasteiger partial charge in [0.2, 0.25) is 0 Å². The van der Waals surface area contributed by atoms with Crippen molar-refractivity contribution in [1.82, 2.24) is 0 Å². The van der Waals surface area contributed by atoms with Crippen LogP contribution in [0.4, 0.5) is 14.4 Å². The zero-order valence-electron chi connectivity index (χ0n) is 10.2. The lowest BCUT2D eigenvalue weighted by molar-refractivity contribution is 0.0635. The van der Waals surface area contributed by atoms with Gasteiger partial charge in [-0.1, -0.05) is 12.1 Å². The molecule has 0 radical (unpaired) electrons. The molecule has 0 atom stereocenters. The van der Waals surface area contributed by atoms with Crippen molar-refractivity contribution < 1.29 is 21.8 Å². The first-order valence-electron chi connectivity index (χ1n) is 5.13. The van der Waals surface area contributed by atoms with Crippen LogP contribution in [-0.4, -0.2) is 20.1 Å². The number of hydrogen-bond acceptors (Lipinski definition) is 4. The average Bonchev–Trinajstić information content (AvgIpc) is 2.13. The monoisotopic (exact) mass is 275 g/mol. The Bertz CT molecular complexity index is 548. The zero-order valence-corrected chi connectivity index (χ0v) is 11.0. The molecule has 18 heavy (non-hydrogen) atoms. The molecule has 0 aromatic heterocycles. The maximum atomic E-state index is 13.0. The Hall–Kier alpha value is -1.63. The second kappa shape index (κ2) is 4.93. The number of benzene rings is 1. The summed E-state index contributed by atoms with van der Waals surface area (Å²) >= 11 is 0. The Morgan fingerprint density at radius 3 is 2.33 bits per heavy atom. The van der Waals surface area contributed by atoms with Crippen molar-refractivity contribution in [1.29, 1.82) is 0 Å². The average molecular weight is 275 g/mol. The predicted octanol–water partition coefficient (Wildman–Crippen LogP) is 2.69. The van der Waals surface area contributed by atoms with Gasteiger partial charge < -0.3 is 4.74 Å². The van der Waals surface area contributed by atoms with Crippen molar-refractivity contribution in [3.8, 4) is 0 Å². The number of rotatable bonds is 2. The van der Waals surface area contributed by atoms with E-state index in [1.54, 1.807) is 20.8 Å². The number of halogens is 1. The third-order valence-corrected chi connectivity index (χ3v) is 2.67. The van der Waals surface area contributed by atoms with Gasteiger partial charge in [-0.25, -0.2) is 4.79 Å². The molecule has 0 fully saturated rings. The Balaban J connectivity index is 2.96. The molecule has 1 rings (SSSR count). The number of carbonyl (C=O) groups excluding carboxylic acids is 1. The topological polar surface area (TPSA) is 72.5 Å². The summed E-state index contributed by atoms with van der Waals surface area (Å²) in [6.45, 7) is 4.97. The number of ether oxygens (including phenoxy) is 1. The van der Waals surface area contributed by atoms with Crippen molar-refractivity contribution in [2.24, 2.45) is 0 Å². The van der Waals surface area contributed by atoms with Gasteiger partial charge in [-0.3, -0.25) is 5.32 Å². The minimum atomic E-state index is -4.89. The van der Waals surface area contributed by atoms with E-state index in [0.29, 0.717) is 0 Å². The van der Waals surface area contributed by atoms with E-state index < -0.39 is 26.8 Å². The van der Waals surface area contributed by atoms with Crippen LogP contribution >= 0.6 is 0 Å². The fraction of sp³-hybridized carbons (Fsp3) is 0.364. The molecular weight excluding hydrogens is 261 g/mol. The Morgan fingerprint density at radius 2 is 1.83 bits per heavy atom. The minimum absolute atomic E-state index is 0.158. The molecule has 0 aliphatic carbocycles. The largest absolute Gasteiger partial charge is 0.444 e. The molecule has 1 amide bonds. The molecular formula is C11H14FNO4S. The van der Waals surface area contributed by atoms with Gasteiger partial charge in [-0.2, -0.15) is 8.42 Å². The van der Waals surface area contributed by atoms with Crippen LogP contribution < -0.4 is 5.32 Å². The van der Waals surface area contributed by atoms with Crippen LogP contribution in [0.5, 0.6) is 0 Å². The maximum Gasteiger partial charge on any atom is 0.412 e. The second-order valence-corrected chi connectivity index (χ2v) is 5.88. The first-order chi connectivity index (χ1) is 8.09. The first-order valence-corrected chi connectivity index (χ1v) is 6.52. The van der Waals surface area contributed by atoms with Crippen molar-refractivity contribution in [3.05, 3.63) is 24.3 Å². The molecule has 0 bridgehead atoms. The van der Waals surface area contributed by atoms with E-state index >= 15 is 0 Å². The molecule has 1 N–H and O–H groups in total. The van der Waals surface area contributed by atoms with Crippen molar-refractivity contribution in [2.75, 3.05) is 5.32 Å². The molecule has 0 unspecified atom stereocenters. The van der Waals surface area contributed by atoms with Crippen LogP contribution in [0.2, 0.25) is 0 Å². The SMILES string of the molecule is CC(C)(C)OC(=O)Nc1ccccc1S(=O)(=O)F. The third kappa shape index (κ3) is 4.33. The standard InChI is InChI=1S/C11H14FNO4S/c1-11(2,3)17-10(14)13-8-6-4-5-7-9(8)18(12,15)16/h4-7H,1-3H3,(H,13,14). The minimum Gasteiger partial charge on any atom is -0.444 e. The fourth-order valence-electron chi connectivity index (χ4n) is 1.20. The van der Waals surface area contributed by atoms with E-state index in [4.69, 9.17) is 4.74 Å². The highest BCUT2D eigenvalue weighted by atomic mass is 32.3. The molecule has 5 nitrogen and oxygen atoms in total. The highest BCUT2D eigenvalue weighted by Gasteiger charge is 2.21. The summed E-state index contributed by atoms with van der Waals surface area (Å²) in [5.41, 5.74) is -0.887. The summed E-state index contributed by atoms with van der Waals surface area (Å²) in [6.07, 6.45) is -0.849. The van der Waals surface area contributed by atoms with Gasteiger partial charge in [0.1, 0.15) is 10.5 Å². The van der Waals surface area contributed by atoms with Gasteiger partial charge in [-0.05, 0) is 32.9 Å². The first kappa shape index (κ1) is 14.4. The van der Waals surface area contributed by atoms with E-state index in [1.165, 1.54) is 18.2 Å². The summed E-state index contributed by atoms with van der Waals surface area (Å²) in [4.78, 5) is 10.9. The van der Waals surface area contributed by atoms with Crippen LogP contribution in [0.15, 0.2) is 29.2 Å². The van der Waals surface area contributed by atoms with Crippen LogP contribution in [0, 0.1) is 0 Å². The predicted molar refractivity (Wildman–Crippen MR) is 64.6 cm³/mol. The molecule has 7 heteroatoms. The maximum absolute atomic E-state index is 13.0. The van der Waals surface area contributed by atoms with E-state index in [2.05, 4.69) is 5.32 Å². The second-order valence-electron chi connectivity index (χ2n) is 4.56. The Kier molecular flexibility index (Phi) is 3.95. The number of anilines is 1. The van der Waals surface area contributed by atoms with E-state index in [0.717, 1.165) is 6.07 Å². The zero-order chi connectivity index (χ0) is 14.0. The third-order valence-electron chi connectivity index (χ3n) is 1.79. The van der Waals surface area contributed by atoms with Gasteiger partial charge in [-0.15, -0.1) is 3.89 Å². The summed E-state index contributed by atoms with van der Waals surface area (Å²) in [5, 5.41) is 2.19. The van der Waals surface area contributed by atoms with Crippen LogP contribution in [0.25, 0.3) is 0 Å². The molecule has 0 heterocycles. The van der Waals surface area contributed by atoms with Crippen LogP contribution in [0.1, 0.15) is 20.8 Å². The molecule has 0 saturated heterocycles. The lowest BCUT2D eigenvalue weighted by Crippen LogP contribution is -2.27. The number of hydrogen-bond donors (Lipinski definition) is 1. The molecule has 0 saturated carbocycles. The molecule has 100 valence electrons. The number of nitrogens with one attached hydrogen (secondary N) is 1. The summed E-state index contributed by atoms with van der Waals surface area (Å²) in [5.74, 6) is 0. The number of para-hydroxylation sites is 1. The Labute approximate surface area is 105 Å². The molecule has 0 aliphatic heterocycles. The quantitative estimate of drug-likeness (QED) is 0.842. The smallest absolute Gasteiger partial charge is 0.412 e. The fourth-order valence-corrected chi connectivity index (χ4v) is 1.82. The summed E-state index contributed by atoms with van der Waals surface area (Å²) < 4.78 is 39.6. The van der Waals surface area contributed by atoms with Crippen molar-refractivity contribution >= 4 is 22.0 Å². The summed E-state index contributed by atoms with van der Waals surface area (Å²) in [7, 11) is -4.89. The lowest BCUT2D eigenvalue weighted by Gasteiger charge is -2.20. The molecule has 0 spiro atoms. The molecule has 0 aliphatic rings. The summed E-state index contributed by atoms with van der Waals surface area (Å²) in [6, 6.07) is 5.16. The van der Waals surface area contributed by atoms with Gasteiger partial charge in [0.05, 0.1) is 5.69 Å². The highest BCUT2D eigenvalue weighted by molar-refractivity contribution is 7.86. The lowest BCUT2D eigenvalue weighted by atomic mass is 10.2. The molecule has 1 aromatic rings. The number of amides is 1. The van der Waals surface area contributed by atoms with Gasteiger partial charge in [0, 0.05) is 0 Å². The van der Waals surface area contributed by atoms with Crippen molar-refractivity contribution in [3.63, 3.8) is 0 Å². The van der Waals surface area contributed by atoms with E-state index in [9.17, 15) is 17.1 Å². The normalized spacial score (nSPS) is 12.0. The van der Waals surface area contributed by atoms with Crippen molar-refractivity contribution in [2.45, 2.75) is 31.3 Å². The van der Waals surface area contributed by atoms with Crippen LogP contribution in [-0.2, 0) is 15.0 Å². The van der Waals surface area contributed by atoms with Crippen LogP contribution in [0.3, 0.4) is 0 Å². The molecule has 1 aromatic carbocycles. The van der Waals surface area contributed by atoms with E-state index in [-0.39, 0.29) is 5.69 Å². The van der Waals surface area contributed by atoms with Gasteiger partial charge >= 0.3 is 16.3 Å². The van der Waals surface area contributed by atoms with Gasteiger partial charge in [0.25, 0.3) is 0 Å². The number of carbonyl (C=O) groups is 1. The van der Waals surface area contributed by atoms with Gasteiger partial charge in [0.15, 0.2) is 0 Å². The Morgan fingerprint density at radius 1 is 1.28 bits per heavy atom. The van der Waals surface area contributed by atoms with E-state index in [1.807, 2.05) is 0 Å².